The summed E-state index contributed by atoms with van der Waals surface area (Å²) in [7, 11) is 3.10. The molecule has 0 saturated heterocycles. The zero-order chi connectivity index (χ0) is 10.3. The fourth-order valence-electron chi connectivity index (χ4n) is 1.10. The van der Waals surface area contributed by atoms with Crippen molar-refractivity contribution in [1.29, 1.82) is 0 Å². The molecule has 0 aliphatic rings. The minimum absolute atomic E-state index is 0.279. The average molecular weight is 190 g/mol. The summed E-state index contributed by atoms with van der Waals surface area (Å²) < 4.78 is 14.8. The third kappa shape index (κ3) is 3.74. The minimum atomic E-state index is -0.695. The molecule has 0 radical (unpaired) electrons. The van der Waals surface area contributed by atoms with Crippen molar-refractivity contribution in [2.75, 3.05) is 34.0 Å². The summed E-state index contributed by atoms with van der Waals surface area (Å²) >= 11 is 0. The molecule has 0 amide bonds. The molecule has 0 spiro atoms. The lowest BCUT2D eigenvalue weighted by Crippen LogP contribution is -2.38. The van der Waals surface area contributed by atoms with Crippen LogP contribution in [0.15, 0.2) is 0 Å². The molecule has 0 rings (SSSR count). The van der Waals surface area contributed by atoms with Crippen LogP contribution in [-0.4, -0.2) is 40.0 Å². The second-order valence-electron chi connectivity index (χ2n) is 3.15. The van der Waals surface area contributed by atoms with Gasteiger partial charge in [0.1, 0.15) is 5.41 Å². The molecule has 0 aliphatic heterocycles. The van der Waals surface area contributed by atoms with Gasteiger partial charge in [-0.2, -0.15) is 0 Å². The van der Waals surface area contributed by atoms with Crippen molar-refractivity contribution in [2.45, 2.75) is 13.8 Å². The fraction of sp³-hybridized carbons (Fsp3) is 0.889. The second kappa shape index (κ2) is 5.94. The predicted octanol–water partition coefficient (Wildman–Crippen LogP) is 0.849. The summed E-state index contributed by atoms with van der Waals surface area (Å²) in [6, 6.07) is 0. The molecule has 0 N–H and O–H groups in total. The molecule has 0 fully saturated rings. The van der Waals surface area contributed by atoms with Crippen molar-refractivity contribution < 1.29 is 19.0 Å². The van der Waals surface area contributed by atoms with E-state index in [9.17, 15) is 4.79 Å². The molecule has 0 unspecified atom stereocenters. The highest BCUT2D eigenvalue weighted by Gasteiger charge is 2.34. The Kier molecular flexibility index (Phi) is 5.66. The number of esters is 1. The quantitative estimate of drug-likeness (QED) is 0.582. The first kappa shape index (κ1) is 12.4. The van der Waals surface area contributed by atoms with Crippen LogP contribution in [0.3, 0.4) is 0 Å². The maximum absolute atomic E-state index is 11.5. The summed E-state index contributed by atoms with van der Waals surface area (Å²) in [6.45, 7) is 4.52. The van der Waals surface area contributed by atoms with E-state index in [1.54, 1.807) is 28.1 Å². The lowest BCUT2D eigenvalue weighted by molar-refractivity contribution is -0.161. The van der Waals surface area contributed by atoms with Gasteiger partial charge in [0.15, 0.2) is 0 Å². The molecule has 0 aromatic rings. The van der Waals surface area contributed by atoms with E-state index in [1.165, 1.54) is 0 Å². The van der Waals surface area contributed by atoms with Gasteiger partial charge in [0, 0.05) is 14.2 Å². The van der Waals surface area contributed by atoms with Crippen LogP contribution in [-0.2, 0) is 19.0 Å². The van der Waals surface area contributed by atoms with Crippen molar-refractivity contribution in [3.8, 4) is 0 Å². The fourth-order valence-corrected chi connectivity index (χ4v) is 1.10. The number of ether oxygens (including phenoxy) is 3. The van der Waals surface area contributed by atoms with E-state index in [4.69, 9.17) is 14.2 Å². The molecular formula is C9H18O4. The zero-order valence-corrected chi connectivity index (χ0v) is 8.75. The Morgan fingerprint density at radius 2 is 1.69 bits per heavy atom. The van der Waals surface area contributed by atoms with Crippen LogP contribution in [0.5, 0.6) is 0 Å². The van der Waals surface area contributed by atoms with E-state index in [-0.39, 0.29) is 5.97 Å². The first-order chi connectivity index (χ1) is 6.10. The molecule has 4 heteroatoms. The third-order valence-corrected chi connectivity index (χ3v) is 1.69. The molecule has 0 heterocycles. The van der Waals surface area contributed by atoms with Gasteiger partial charge in [-0.15, -0.1) is 0 Å². The molecule has 78 valence electrons. The summed E-state index contributed by atoms with van der Waals surface area (Å²) in [4.78, 5) is 11.5. The predicted molar refractivity (Wildman–Crippen MR) is 48.5 cm³/mol. The molecule has 0 atom stereocenters. The number of hydrogen-bond donors (Lipinski definition) is 0. The zero-order valence-electron chi connectivity index (χ0n) is 8.75. The standard InChI is InChI=1S/C9H18O4/c1-5-13-8(10)9(2,6-11-3)7-12-4/h5-7H2,1-4H3. The van der Waals surface area contributed by atoms with Gasteiger partial charge in [0.25, 0.3) is 0 Å². The van der Waals surface area contributed by atoms with Gasteiger partial charge in [0.2, 0.25) is 0 Å². The van der Waals surface area contributed by atoms with Gasteiger partial charge < -0.3 is 14.2 Å². The average Bonchev–Trinajstić information content (AvgIpc) is 2.05. The van der Waals surface area contributed by atoms with Crippen LogP contribution >= 0.6 is 0 Å². The maximum Gasteiger partial charge on any atom is 0.316 e. The molecule has 0 aromatic carbocycles. The Morgan fingerprint density at radius 3 is 2.00 bits per heavy atom. The Hall–Kier alpha value is -0.610. The van der Waals surface area contributed by atoms with Gasteiger partial charge in [-0.1, -0.05) is 0 Å². The van der Waals surface area contributed by atoms with Gasteiger partial charge in [-0.05, 0) is 13.8 Å². The van der Waals surface area contributed by atoms with Crippen molar-refractivity contribution in [1.82, 2.24) is 0 Å². The van der Waals surface area contributed by atoms with E-state index in [2.05, 4.69) is 0 Å². The van der Waals surface area contributed by atoms with Crippen LogP contribution in [0.25, 0.3) is 0 Å². The number of hydrogen-bond acceptors (Lipinski definition) is 4. The maximum atomic E-state index is 11.5. The van der Waals surface area contributed by atoms with Gasteiger partial charge >= 0.3 is 5.97 Å². The first-order valence-corrected chi connectivity index (χ1v) is 4.25. The van der Waals surface area contributed by atoms with E-state index in [0.29, 0.717) is 19.8 Å². The monoisotopic (exact) mass is 190 g/mol. The summed E-state index contributed by atoms with van der Waals surface area (Å²) in [5.74, 6) is -0.279. The SMILES string of the molecule is CCOC(=O)C(C)(COC)COC. The molecule has 0 aromatic heterocycles. The summed E-state index contributed by atoms with van der Waals surface area (Å²) in [5.41, 5.74) is -0.695. The first-order valence-electron chi connectivity index (χ1n) is 4.25. The largest absolute Gasteiger partial charge is 0.465 e. The third-order valence-electron chi connectivity index (χ3n) is 1.69. The minimum Gasteiger partial charge on any atom is -0.465 e. The summed E-state index contributed by atoms with van der Waals surface area (Å²) in [5, 5.41) is 0. The molecule has 4 nitrogen and oxygen atoms in total. The topological polar surface area (TPSA) is 44.8 Å². The van der Waals surface area contributed by atoms with E-state index in [1.807, 2.05) is 0 Å². The molecule has 0 bridgehead atoms. The Balaban J connectivity index is 4.27. The molecule has 13 heavy (non-hydrogen) atoms. The van der Waals surface area contributed by atoms with Crippen LogP contribution in [0.2, 0.25) is 0 Å². The van der Waals surface area contributed by atoms with Crippen LogP contribution in [0.4, 0.5) is 0 Å². The highest BCUT2D eigenvalue weighted by atomic mass is 16.5. The number of methoxy groups -OCH3 is 2. The molecular weight excluding hydrogens is 172 g/mol. The Morgan fingerprint density at radius 1 is 1.23 bits per heavy atom. The van der Waals surface area contributed by atoms with Crippen molar-refractivity contribution in [2.24, 2.45) is 5.41 Å². The van der Waals surface area contributed by atoms with Gasteiger partial charge in [-0.25, -0.2) is 0 Å². The second-order valence-corrected chi connectivity index (χ2v) is 3.15. The number of rotatable bonds is 6. The van der Waals surface area contributed by atoms with E-state index < -0.39 is 5.41 Å². The van der Waals surface area contributed by atoms with E-state index >= 15 is 0 Å². The highest BCUT2D eigenvalue weighted by molar-refractivity contribution is 5.76. The molecule has 0 aliphatic carbocycles. The van der Waals surface area contributed by atoms with Crippen molar-refractivity contribution in [3.05, 3.63) is 0 Å². The van der Waals surface area contributed by atoms with E-state index in [0.717, 1.165) is 0 Å². The highest BCUT2D eigenvalue weighted by Crippen LogP contribution is 2.19. The lowest BCUT2D eigenvalue weighted by Gasteiger charge is -2.25. The Bertz CT molecular complexity index is 150. The van der Waals surface area contributed by atoms with Gasteiger partial charge in [-0.3, -0.25) is 4.79 Å². The van der Waals surface area contributed by atoms with Gasteiger partial charge in [0.05, 0.1) is 19.8 Å². The lowest BCUT2D eigenvalue weighted by atomic mass is 9.93. The number of carbonyl (C=O) groups is 1. The van der Waals surface area contributed by atoms with Crippen molar-refractivity contribution in [3.63, 3.8) is 0 Å². The van der Waals surface area contributed by atoms with Crippen LogP contribution in [0.1, 0.15) is 13.8 Å². The molecule has 0 saturated carbocycles. The van der Waals surface area contributed by atoms with Crippen LogP contribution < -0.4 is 0 Å². The smallest absolute Gasteiger partial charge is 0.316 e. The Labute approximate surface area is 79.2 Å². The normalized spacial score (nSPS) is 11.4. The number of carbonyl (C=O) groups excluding carboxylic acids is 1. The summed E-state index contributed by atoms with van der Waals surface area (Å²) in [6.07, 6.45) is 0. The van der Waals surface area contributed by atoms with Crippen LogP contribution in [0, 0.1) is 5.41 Å². The van der Waals surface area contributed by atoms with Crippen molar-refractivity contribution >= 4 is 5.97 Å².